The van der Waals surface area contributed by atoms with Crippen LogP contribution >= 0.6 is 11.8 Å². The van der Waals surface area contributed by atoms with E-state index in [9.17, 15) is 14.4 Å². The maximum Gasteiger partial charge on any atom is 0.327 e. The Kier molecular flexibility index (Phi) is 5.27. The number of thioether (sulfide) groups is 1. The minimum absolute atomic E-state index is 0.0354. The van der Waals surface area contributed by atoms with Gasteiger partial charge >= 0.3 is 5.97 Å². The Bertz CT molecular complexity index is 317. The second-order valence-corrected chi connectivity index (χ2v) is 4.87. The van der Waals surface area contributed by atoms with Crippen LogP contribution in [0.3, 0.4) is 0 Å². The first-order chi connectivity index (χ1) is 8.00. The number of carboxylic acids is 1. The Morgan fingerprint density at radius 2 is 2.06 bits per heavy atom. The van der Waals surface area contributed by atoms with Gasteiger partial charge in [0.1, 0.15) is 6.04 Å². The van der Waals surface area contributed by atoms with Crippen LogP contribution in [0.2, 0.25) is 0 Å². The third-order valence-electron chi connectivity index (χ3n) is 2.39. The molecule has 0 saturated carbocycles. The van der Waals surface area contributed by atoms with Crippen molar-refractivity contribution in [3.8, 4) is 0 Å². The Balaban J connectivity index is 2.24. The SMILES string of the molecule is CC(=O)NC(CSCC(=O)N1CCC1)C(=O)O. The van der Waals surface area contributed by atoms with Gasteiger partial charge in [-0.25, -0.2) is 4.79 Å². The van der Waals surface area contributed by atoms with Crippen molar-refractivity contribution in [3.63, 3.8) is 0 Å². The molecule has 7 heteroatoms. The minimum Gasteiger partial charge on any atom is -0.480 e. The summed E-state index contributed by atoms with van der Waals surface area (Å²) in [4.78, 5) is 34.8. The summed E-state index contributed by atoms with van der Waals surface area (Å²) in [7, 11) is 0. The molecule has 2 amide bonds. The zero-order valence-corrected chi connectivity index (χ0v) is 10.5. The monoisotopic (exact) mass is 260 g/mol. The summed E-state index contributed by atoms with van der Waals surface area (Å²) < 4.78 is 0. The van der Waals surface area contributed by atoms with Gasteiger partial charge in [-0.3, -0.25) is 9.59 Å². The molecular formula is C10H16N2O4S. The highest BCUT2D eigenvalue weighted by atomic mass is 32.2. The van der Waals surface area contributed by atoms with Gasteiger partial charge in [0.25, 0.3) is 0 Å². The highest BCUT2D eigenvalue weighted by Gasteiger charge is 2.22. The predicted molar refractivity (Wildman–Crippen MR) is 63.8 cm³/mol. The molecule has 0 bridgehead atoms. The maximum absolute atomic E-state index is 11.5. The van der Waals surface area contributed by atoms with Gasteiger partial charge in [-0.15, -0.1) is 11.8 Å². The number of carboxylic acid groups (broad SMARTS) is 1. The zero-order valence-electron chi connectivity index (χ0n) is 9.64. The average molecular weight is 260 g/mol. The number of hydrogen-bond acceptors (Lipinski definition) is 4. The fraction of sp³-hybridized carbons (Fsp3) is 0.700. The lowest BCUT2D eigenvalue weighted by Crippen LogP contribution is -2.44. The summed E-state index contributed by atoms with van der Waals surface area (Å²) in [5, 5.41) is 11.2. The van der Waals surface area contributed by atoms with Crippen LogP contribution in [-0.2, 0) is 14.4 Å². The van der Waals surface area contributed by atoms with Crippen molar-refractivity contribution in [3.05, 3.63) is 0 Å². The Morgan fingerprint density at radius 1 is 1.41 bits per heavy atom. The van der Waals surface area contributed by atoms with Crippen molar-refractivity contribution in [2.24, 2.45) is 0 Å². The van der Waals surface area contributed by atoms with Gasteiger partial charge in [0, 0.05) is 25.8 Å². The number of amides is 2. The molecule has 1 unspecified atom stereocenters. The average Bonchev–Trinajstić information content (AvgIpc) is 2.12. The molecule has 0 aromatic heterocycles. The van der Waals surface area contributed by atoms with E-state index in [2.05, 4.69) is 5.32 Å². The zero-order chi connectivity index (χ0) is 12.8. The molecule has 1 aliphatic rings. The molecule has 1 fully saturated rings. The minimum atomic E-state index is -1.08. The standard InChI is InChI=1S/C10H16N2O4S/c1-7(13)11-8(10(15)16)5-17-6-9(14)12-3-2-4-12/h8H,2-6H2,1H3,(H,11,13)(H,15,16). The highest BCUT2D eigenvalue weighted by Crippen LogP contribution is 2.11. The summed E-state index contributed by atoms with van der Waals surface area (Å²) in [5.74, 6) is -0.956. The molecule has 0 spiro atoms. The van der Waals surface area contributed by atoms with E-state index < -0.39 is 12.0 Å². The summed E-state index contributed by atoms with van der Waals surface area (Å²) in [6.07, 6.45) is 1.04. The fourth-order valence-electron chi connectivity index (χ4n) is 1.34. The fourth-order valence-corrected chi connectivity index (χ4v) is 2.28. The Morgan fingerprint density at radius 3 is 2.47 bits per heavy atom. The summed E-state index contributed by atoms with van der Waals surface area (Å²) in [6.45, 7) is 2.87. The molecule has 1 heterocycles. The Labute approximate surface area is 104 Å². The number of carbonyl (C=O) groups excluding carboxylic acids is 2. The molecule has 1 rings (SSSR count). The molecule has 1 saturated heterocycles. The molecule has 17 heavy (non-hydrogen) atoms. The van der Waals surface area contributed by atoms with Gasteiger partial charge in [-0.2, -0.15) is 0 Å². The number of likely N-dealkylation sites (tertiary alicyclic amines) is 1. The third kappa shape index (κ3) is 4.64. The first-order valence-corrected chi connectivity index (χ1v) is 6.51. The number of aliphatic carboxylic acids is 1. The second kappa shape index (κ2) is 6.48. The lowest BCUT2D eigenvalue weighted by atomic mass is 10.2. The molecule has 1 aliphatic heterocycles. The second-order valence-electron chi connectivity index (χ2n) is 3.84. The molecule has 0 aliphatic carbocycles. The quantitative estimate of drug-likeness (QED) is 0.675. The van der Waals surface area contributed by atoms with Crippen molar-refractivity contribution >= 4 is 29.5 Å². The summed E-state index contributed by atoms with van der Waals surface area (Å²) >= 11 is 1.23. The van der Waals surface area contributed by atoms with Gasteiger partial charge in [0.05, 0.1) is 5.75 Å². The van der Waals surface area contributed by atoms with E-state index in [1.54, 1.807) is 4.90 Å². The van der Waals surface area contributed by atoms with Crippen molar-refractivity contribution in [2.75, 3.05) is 24.6 Å². The van der Waals surface area contributed by atoms with Crippen LogP contribution in [0.1, 0.15) is 13.3 Å². The molecule has 0 aromatic rings. The molecule has 0 aromatic carbocycles. The van der Waals surface area contributed by atoms with E-state index in [-0.39, 0.29) is 23.3 Å². The van der Waals surface area contributed by atoms with Crippen molar-refractivity contribution < 1.29 is 19.5 Å². The van der Waals surface area contributed by atoms with Crippen molar-refractivity contribution in [2.45, 2.75) is 19.4 Å². The van der Waals surface area contributed by atoms with Crippen molar-refractivity contribution in [1.29, 1.82) is 0 Å². The highest BCUT2D eigenvalue weighted by molar-refractivity contribution is 8.00. The molecule has 2 N–H and O–H groups in total. The number of nitrogens with zero attached hydrogens (tertiary/aromatic N) is 1. The lowest BCUT2D eigenvalue weighted by Gasteiger charge is -2.30. The van der Waals surface area contributed by atoms with Gasteiger partial charge in [-0.1, -0.05) is 0 Å². The number of carbonyl (C=O) groups is 3. The molecule has 0 radical (unpaired) electrons. The number of rotatable bonds is 6. The van der Waals surface area contributed by atoms with Crippen LogP contribution < -0.4 is 5.32 Å². The Hall–Kier alpha value is -1.24. The van der Waals surface area contributed by atoms with Gasteiger partial charge in [0.15, 0.2) is 0 Å². The predicted octanol–water partition coefficient (Wildman–Crippen LogP) is -0.459. The lowest BCUT2D eigenvalue weighted by molar-refractivity contribution is -0.140. The molecule has 96 valence electrons. The molecular weight excluding hydrogens is 244 g/mol. The molecule has 1 atom stereocenters. The van der Waals surface area contributed by atoms with Gasteiger partial charge in [0.2, 0.25) is 11.8 Å². The number of nitrogens with one attached hydrogen (secondary N) is 1. The normalized spacial score (nSPS) is 15.9. The van der Waals surface area contributed by atoms with Crippen LogP contribution in [0.25, 0.3) is 0 Å². The summed E-state index contributed by atoms with van der Waals surface area (Å²) in [6, 6.07) is -0.929. The van der Waals surface area contributed by atoms with E-state index in [4.69, 9.17) is 5.11 Å². The van der Waals surface area contributed by atoms with Crippen LogP contribution in [0.15, 0.2) is 0 Å². The maximum atomic E-state index is 11.5. The topological polar surface area (TPSA) is 86.7 Å². The van der Waals surface area contributed by atoms with Crippen LogP contribution in [0.4, 0.5) is 0 Å². The van der Waals surface area contributed by atoms with Gasteiger partial charge < -0.3 is 15.3 Å². The molecule has 6 nitrogen and oxygen atoms in total. The van der Waals surface area contributed by atoms with E-state index in [1.807, 2.05) is 0 Å². The van der Waals surface area contributed by atoms with Crippen molar-refractivity contribution in [1.82, 2.24) is 10.2 Å². The van der Waals surface area contributed by atoms with Crippen LogP contribution in [0, 0.1) is 0 Å². The smallest absolute Gasteiger partial charge is 0.327 e. The first-order valence-electron chi connectivity index (χ1n) is 5.36. The largest absolute Gasteiger partial charge is 0.480 e. The first kappa shape index (κ1) is 13.8. The van der Waals surface area contributed by atoms with E-state index in [1.165, 1.54) is 18.7 Å². The van der Waals surface area contributed by atoms with Crippen LogP contribution in [0.5, 0.6) is 0 Å². The van der Waals surface area contributed by atoms with Gasteiger partial charge in [-0.05, 0) is 6.42 Å². The number of hydrogen-bond donors (Lipinski definition) is 2. The van der Waals surface area contributed by atoms with E-state index >= 15 is 0 Å². The van der Waals surface area contributed by atoms with E-state index in [0.29, 0.717) is 0 Å². The van der Waals surface area contributed by atoms with E-state index in [0.717, 1.165) is 19.5 Å². The van der Waals surface area contributed by atoms with Crippen LogP contribution in [-0.4, -0.2) is 58.4 Å². The summed E-state index contributed by atoms with van der Waals surface area (Å²) in [5.41, 5.74) is 0. The third-order valence-corrected chi connectivity index (χ3v) is 3.41.